The minimum Gasteiger partial charge on any atom is -0.497 e. The Morgan fingerprint density at radius 1 is 0.745 bits per heavy atom. The summed E-state index contributed by atoms with van der Waals surface area (Å²) >= 11 is 0. The normalized spacial score (nSPS) is 11.0. The highest BCUT2D eigenvalue weighted by Gasteiger charge is 2.38. The molecule has 0 amide bonds. The van der Waals surface area contributed by atoms with Crippen LogP contribution in [0.2, 0.25) is 0 Å². The van der Waals surface area contributed by atoms with Crippen LogP contribution in [0.3, 0.4) is 0 Å². The fraction of sp³-hybridized carbons (Fsp3) is 0.257. The molecule has 0 fully saturated rings. The lowest BCUT2D eigenvalue weighted by Crippen LogP contribution is -2.33. The fourth-order valence-electron chi connectivity index (χ4n) is 4.99. The molecule has 47 heavy (non-hydrogen) atoms. The van der Waals surface area contributed by atoms with Crippen molar-refractivity contribution in [1.29, 1.82) is 0 Å². The van der Waals surface area contributed by atoms with Crippen molar-refractivity contribution in [3.63, 3.8) is 0 Å². The number of methoxy groups -OCH3 is 3. The first-order chi connectivity index (χ1) is 22.7. The predicted molar refractivity (Wildman–Crippen MR) is 170 cm³/mol. The van der Waals surface area contributed by atoms with Gasteiger partial charge in [-0.1, -0.05) is 54.6 Å². The highest BCUT2D eigenvalue weighted by Crippen LogP contribution is 2.42. The summed E-state index contributed by atoms with van der Waals surface area (Å²) in [6.45, 7) is -0.691. The SMILES string of the molecule is COc1ccc(C(OCCC(=O)OCc2cc(OC)c(OCCC(=O)O)cc2[N+](=O)[O-])(c2ccccc2)c2ccc(OC)cc2)cc1. The number of carboxylic acid groups (broad SMARTS) is 1. The minimum absolute atomic E-state index is 0.00163. The molecule has 4 aromatic rings. The number of carbonyl (C=O) groups excluding carboxylic acids is 1. The molecule has 12 nitrogen and oxygen atoms in total. The van der Waals surface area contributed by atoms with E-state index in [2.05, 4.69) is 0 Å². The summed E-state index contributed by atoms with van der Waals surface area (Å²) in [5, 5.41) is 20.7. The number of nitrogens with zero attached hydrogens (tertiary/aromatic N) is 1. The number of aliphatic carboxylic acids is 1. The Balaban J connectivity index is 1.56. The van der Waals surface area contributed by atoms with Crippen molar-refractivity contribution >= 4 is 17.6 Å². The van der Waals surface area contributed by atoms with Crippen LogP contribution in [-0.2, 0) is 31.3 Å². The maximum Gasteiger partial charge on any atom is 0.308 e. The van der Waals surface area contributed by atoms with E-state index in [1.54, 1.807) is 14.2 Å². The number of carbonyl (C=O) groups is 2. The number of carboxylic acids is 1. The van der Waals surface area contributed by atoms with Gasteiger partial charge in [0.25, 0.3) is 5.69 Å². The maximum atomic E-state index is 13.0. The summed E-state index contributed by atoms with van der Waals surface area (Å²) in [4.78, 5) is 35.0. The fourth-order valence-corrected chi connectivity index (χ4v) is 4.99. The van der Waals surface area contributed by atoms with E-state index in [0.29, 0.717) is 11.5 Å². The first-order valence-electron chi connectivity index (χ1n) is 14.6. The topological polar surface area (TPSA) is 153 Å². The van der Waals surface area contributed by atoms with E-state index in [1.807, 2.05) is 78.9 Å². The number of rotatable bonds is 17. The van der Waals surface area contributed by atoms with Crippen LogP contribution in [0.5, 0.6) is 23.0 Å². The molecule has 0 saturated heterocycles. The van der Waals surface area contributed by atoms with Crippen LogP contribution in [0.25, 0.3) is 0 Å². The lowest BCUT2D eigenvalue weighted by molar-refractivity contribution is -0.385. The van der Waals surface area contributed by atoms with Crippen LogP contribution in [-0.4, -0.2) is 56.5 Å². The van der Waals surface area contributed by atoms with Crippen molar-refractivity contribution in [2.45, 2.75) is 25.0 Å². The van der Waals surface area contributed by atoms with Crippen molar-refractivity contribution in [3.05, 3.63) is 123 Å². The van der Waals surface area contributed by atoms with Gasteiger partial charge in [0.05, 0.1) is 63.9 Å². The van der Waals surface area contributed by atoms with Gasteiger partial charge in [0.1, 0.15) is 23.7 Å². The van der Waals surface area contributed by atoms with Crippen LogP contribution >= 0.6 is 0 Å². The quantitative estimate of drug-likeness (QED) is 0.0630. The molecule has 0 aliphatic rings. The monoisotopic (exact) mass is 645 g/mol. The molecule has 0 aliphatic heterocycles. The number of benzene rings is 4. The lowest BCUT2D eigenvalue weighted by Gasteiger charge is -2.36. The van der Waals surface area contributed by atoms with Gasteiger partial charge in [0.15, 0.2) is 11.5 Å². The van der Waals surface area contributed by atoms with Gasteiger partial charge >= 0.3 is 11.9 Å². The Bertz CT molecular complexity index is 1610. The third-order valence-corrected chi connectivity index (χ3v) is 7.32. The zero-order valence-electron chi connectivity index (χ0n) is 26.2. The molecule has 0 saturated carbocycles. The van der Waals surface area contributed by atoms with E-state index in [9.17, 15) is 19.7 Å². The van der Waals surface area contributed by atoms with Crippen LogP contribution < -0.4 is 18.9 Å². The van der Waals surface area contributed by atoms with E-state index >= 15 is 0 Å². The smallest absolute Gasteiger partial charge is 0.308 e. The summed E-state index contributed by atoms with van der Waals surface area (Å²) in [5.41, 5.74) is 0.955. The molecular formula is C35H35NO11. The van der Waals surface area contributed by atoms with Crippen LogP contribution in [0.15, 0.2) is 91.0 Å². The molecule has 0 atom stereocenters. The van der Waals surface area contributed by atoms with E-state index < -0.39 is 29.1 Å². The number of esters is 1. The molecule has 0 aromatic heterocycles. The molecule has 246 valence electrons. The number of nitro benzene ring substituents is 1. The lowest BCUT2D eigenvalue weighted by atomic mass is 9.80. The zero-order chi connectivity index (χ0) is 33.8. The molecule has 12 heteroatoms. The van der Waals surface area contributed by atoms with Crippen LogP contribution in [0.1, 0.15) is 35.1 Å². The van der Waals surface area contributed by atoms with Gasteiger partial charge in [-0.15, -0.1) is 0 Å². The van der Waals surface area contributed by atoms with Crippen molar-refractivity contribution in [1.82, 2.24) is 0 Å². The minimum atomic E-state index is -1.14. The molecule has 0 aliphatic carbocycles. The van der Waals surface area contributed by atoms with Gasteiger partial charge in [-0.05, 0) is 47.0 Å². The van der Waals surface area contributed by atoms with E-state index in [0.717, 1.165) is 22.8 Å². The standard InChI is InChI=1S/C35H35NO11/c1-42-28-13-9-26(10-14-28)35(25-7-5-4-6-8-25,27-11-15-29(43-2)16-12-27)47-20-18-34(39)46-23-24-21-31(44-3)32(22-30(24)36(40)41)45-19-17-33(37)38/h4-16,21-22H,17-20,23H2,1-3H3,(H,37,38). The van der Waals surface area contributed by atoms with E-state index in [1.165, 1.54) is 13.2 Å². The Labute approximate surface area is 271 Å². The average Bonchev–Trinajstić information content (AvgIpc) is 3.09. The number of ether oxygens (including phenoxy) is 6. The Morgan fingerprint density at radius 3 is 1.83 bits per heavy atom. The van der Waals surface area contributed by atoms with Gasteiger partial charge in [-0.3, -0.25) is 19.7 Å². The number of hydrogen-bond acceptors (Lipinski definition) is 10. The Morgan fingerprint density at radius 2 is 1.32 bits per heavy atom. The van der Waals surface area contributed by atoms with Gasteiger partial charge in [0, 0.05) is 0 Å². The second kappa shape index (κ2) is 16.1. The van der Waals surface area contributed by atoms with Crippen molar-refractivity contribution in [2.75, 3.05) is 34.5 Å². The molecule has 4 rings (SSSR count). The van der Waals surface area contributed by atoms with Crippen LogP contribution in [0, 0.1) is 10.1 Å². The molecule has 0 spiro atoms. The Hall–Kier alpha value is -5.62. The highest BCUT2D eigenvalue weighted by atomic mass is 16.6. The molecule has 0 heterocycles. The highest BCUT2D eigenvalue weighted by molar-refractivity contribution is 5.70. The van der Waals surface area contributed by atoms with Crippen molar-refractivity contribution in [3.8, 4) is 23.0 Å². The van der Waals surface area contributed by atoms with E-state index in [4.69, 9.17) is 33.5 Å². The molecule has 0 bridgehead atoms. The molecule has 4 aromatic carbocycles. The molecule has 0 radical (unpaired) electrons. The predicted octanol–water partition coefficient (Wildman–Crippen LogP) is 5.92. The van der Waals surface area contributed by atoms with Gasteiger partial charge < -0.3 is 33.5 Å². The third-order valence-electron chi connectivity index (χ3n) is 7.32. The van der Waals surface area contributed by atoms with Gasteiger partial charge in [-0.2, -0.15) is 0 Å². The molecular weight excluding hydrogens is 610 g/mol. The second-order valence-corrected chi connectivity index (χ2v) is 10.1. The summed E-state index contributed by atoms with van der Waals surface area (Å²) in [6.07, 6.45) is -0.469. The summed E-state index contributed by atoms with van der Waals surface area (Å²) in [7, 11) is 4.50. The first-order valence-corrected chi connectivity index (χ1v) is 14.6. The summed E-state index contributed by atoms with van der Waals surface area (Å²) < 4.78 is 33.5. The first kappa shape index (κ1) is 34.3. The van der Waals surface area contributed by atoms with Crippen molar-refractivity contribution in [2.24, 2.45) is 0 Å². The second-order valence-electron chi connectivity index (χ2n) is 10.1. The summed E-state index contributed by atoms with van der Waals surface area (Å²) in [5.74, 6) is -0.272. The average molecular weight is 646 g/mol. The van der Waals surface area contributed by atoms with E-state index in [-0.39, 0.29) is 48.8 Å². The molecule has 1 N–H and O–H groups in total. The summed E-state index contributed by atoms with van der Waals surface area (Å²) in [6, 6.07) is 26.9. The van der Waals surface area contributed by atoms with Gasteiger partial charge in [-0.25, -0.2) is 0 Å². The largest absolute Gasteiger partial charge is 0.497 e. The third kappa shape index (κ3) is 8.35. The van der Waals surface area contributed by atoms with Crippen LogP contribution in [0.4, 0.5) is 5.69 Å². The Kier molecular flexibility index (Phi) is 11.7. The van der Waals surface area contributed by atoms with Crippen molar-refractivity contribution < 1.29 is 48.0 Å². The maximum absolute atomic E-state index is 13.0. The number of nitro groups is 1. The van der Waals surface area contributed by atoms with Gasteiger partial charge in [0.2, 0.25) is 0 Å². The zero-order valence-corrected chi connectivity index (χ0v) is 26.2. The number of hydrogen-bond donors (Lipinski definition) is 1. The molecule has 0 unspecified atom stereocenters.